The van der Waals surface area contributed by atoms with Gasteiger partial charge in [-0.1, -0.05) is 36.0 Å². The summed E-state index contributed by atoms with van der Waals surface area (Å²) < 4.78 is 0. The van der Waals surface area contributed by atoms with E-state index in [0.717, 1.165) is 17.7 Å². The summed E-state index contributed by atoms with van der Waals surface area (Å²) in [6, 6.07) is 0. The molecule has 0 unspecified atom stereocenters. The monoisotopic (exact) mass is 225 g/mol. The molecule has 2 heteroatoms. The Balaban J connectivity index is 2.00. The van der Waals surface area contributed by atoms with E-state index in [-0.39, 0.29) is 11.8 Å². The second-order valence-electron chi connectivity index (χ2n) is 4.68. The molecular weight excluding hydrogens is 210 g/mol. The maximum absolute atomic E-state index is 11.9. The number of amides is 1. The predicted molar refractivity (Wildman–Crippen MR) is 68.0 cm³/mol. The van der Waals surface area contributed by atoms with Crippen molar-refractivity contribution in [2.45, 2.75) is 20.3 Å². The maximum Gasteiger partial charge on any atom is 0.252 e. The molecule has 0 saturated carbocycles. The first-order valence-corrected chi connectivity index (χ1v) is 5.98. The highest BCUT2D eigenvalue weighted by molar-refractivity contribution is 6.05. The number of carbonyl (C=O) groups excluding carboxylic acids is 1. The fourth-order valence-corrected chi connectivity index (χ4v) is 2.56. The van der Waals surface area contributed by atoms with Gasteiger partial charge in [-0.2, -0.15) is 0 Å². The maximum atomic E-state index is 11.9. The van der Waals surface area contributed by atoms with Crippen LogP contribution in [-0.2, 0) is 4.79 Å². The standard InChI is InChI=1S/C15H15NO/c1-3-4-11-13-10-7-5-9(2)6-8-12(10)16-15(17)14(11)13/h3-7,13H,8H2,1-2H3,(H,16,17)/b4-3+/t13-/m1/s1. The third-order valence-electron chi connectivity index (χ3n) is 3.50. The van der Waals surface area contributed by atoms with Crippen molar-refractivity contribution in [3.8, 4) is 0 Å². The van der Waals surface area contributed by atoms with Gasteiger partial charge in [0.1, 0.15) is 0 Å². The second kappa shape index (κ2) is 3.59. The van der Waals surface area contributed by atoms with Crippen LogP contribution < -0.4 is 5.32 Å². The van der Waals surface area contributed by atoms with Crippen LogP contribution in [0.3, 0.4) is 0 Å². The molecule has 1 aliphatic heterocycles. The third kappa shape index (κ3) is 1.52. The van der Waals surface area contributed by atoms with Gasteiger partial charge in [-0.25, -0.2) is 0 Å². The van der Waals surface area contributed by atoms with Crippen LogP contribution in [0.1, 0.15) is 20.3 Å². The van der Waals surface area contributed by atoms with E-state index in [1.165, 1.54) is 16.7 Å². The minimum absolute atomic E-state index is 0.0863. The Bertz CT molecular complexity index is 555. The molecule has 1 N–H and O–H groups in total. The highest BCUT2D eigenvalue weighted by atomic mass is 16.2. The highest BCUT2D eigenvalue weighted by Crippen LogP contribution is 2.50. The summed E-state index contributed by atoms with van der Waals surface area (Å²) in [4.78, 5) is 11.9. The highest BCUT2D eigenvalue weighted by Gasteiger charge is 2.45. The third-order valence-corrected chi connectivity index (χ3v) is 3.50. The zero-order chi connectivity index (χ0) is 12.0. The molecule has 0 spiro atoms. The summed E-state index contributed by atoms with van der Waals surface area (Å²) in [5.41, 5.74) is 5.71. The van der Waals surface area contributed by atoms with E-state index in [4.69, 9.17) is 0 Å². The average molecular weight is 225 g/mol. The zero-order valence-electron chi connectivity index (χ0n) is 10.1. The van der Waals surface area contributed by atoms with Gasteiger partial charge in [0.25, 0.3) is 5.91 Å². The summed E-state index contributed by atoms with van der Waals surface area (Å²) in [7, 11) is 0. The Morgan fingerprint density at radius 2 is 2.24 bits per heavy atom. The van der Waals surface area contributed by atoms with Crippen molar-refractivity contribution in [3.05, 3.63) is 58.4 Å². The minimum atomic E-state index is 0.0863. The van der Waals surface area contributed by atoms with Gasteiger partial charge in [-0.15, -0.1) is 0 Å². The molecule has 3 rings (SSSR count). The smallest absolute Gasteiger partial charge is 0.252 e. The molecule has 2 aliphatic carbocycles. The molecule has 0 saturated heterocycles. The summed E-state index contributed by atoms with van der Waals surface area (Å²) in [5, 5.41) is 3.01. The molecule has 0 aromatic rings. The lowest BCUT2D eigenvalue weighted by Crippen LogP contribution is -2.28. The number of carbonyl (C=O) groups is 1. The van der Waals surface area contributed by atoms with E-state index in [1.54, 1.807) is 0 Å². The minimum Gasteiger partial charge on any atom is -0.325 e. The summed E-state index contributed by atoms with van der Waals surface area (Å²) in [6.45, 7) is 4.07. The Labute approximate surface area is 101 Å². The fourth-order valence-electron chi connectivity index (χ4n) is 2.56. The van der Waals surface area contributed by atoms with Crippen molar-refractivity contribution < 1.29 is 4.79 Å². The van der Waals surface area contributed by atoms with Crippen LogP contribution in [0.5, 0.6) is 0 Å². The molecule has 17 heavy (non-hydrogen) atoms. The Morgan fingerprint density at radius 3 is 3.00 bits per heavy atom. The van der Waals surface area contributed by atoms with Crippen LogP contribution in [0.25, 0.3) is 0 Å². The summed E-state index contributed by atoms with van der Waals surface area (Å²) in [5.74, 6) is 0.341. The van der Waals surface area contributed by atoms with Crippen molar-refractivity contribution in [1.82, 2.24) is 5.32 Å². The van der Waals surface area contributed by atoms with Gasteiger partial charge in [0, 0.05) is 23.6 Å². The van der Waals surface area contributed by atoms with Crippen molar-refractivity contribution >= 4 is 5.91 Å². The lowest BCUT2D eigenvalue weighted by atomic mass is 9.98. The van der Waals surface area contributed by atoms with Gasteiger partial charge in [0.05, 0.1) is 0 Å². The number of hydrogen-bond acceptors (Lipinski definition) is 1. The molecule has 0 fully saturated rings. The lowest BCUT2D eigenvalue weighted by Gasteiger charge is -2.17. The topological polar surface area (TPSA) is 29.1 Å². The first-order valence-electron chi connectivity index (χ1n) is 5.98. The first kappa shape index (κ1) is 10.3. The van der Waals surface area contributed by atoms with Crippen LogP contribution in [0.4, 0.5) is 0 Å². The predicted octanol–water partition coefficient (Wildman–Crippen LogP) is 2.78. The van der Waals surface area contributed by atoms with Crippen molar-refractivity contribution in [2.24, 2.45) is 5.92 Å². The van der Waals surface area contributed by atoms with Crippen LogP contribution in [-0.4, -0.2) is 5.91 Å². The van der Waals surface area contributed by atoms with Gasteiger partial charge in [-0.3, -0.25) is 4.79 Å². The van der Waals surface area contributed by atoms with Gasteiger partial charge >= 0.3 is 0 Å². The van der Waals surface area contributed by atoms with Crippen molar-refractivity contribution in [3.63, 3.8) is 0 Å². The van der Waals surface area contributed by atoms with E-state index in [1.807, 2.05) is 13.0 Å². The SMILES string of the molecule is C/C=C/C1=C2C(=O)NC3=C(C=CC(C)=CC3)[C@H]12. The normalized spacial score (nSPS) is 26.6. The summed E-state index contributed by atoms with van der Waals surface area (Å²) in [6.07, 6.45) is 11.3. The molecule has 0 aromatic heterocycles. The van der Waals surface area contributed by atoms with Gasteiger partial charge in [-0.05, 0) is 25.0 Å². The number of fused-ring (bicyclic) bond motifs is 2. The molecule has 0 bridgehead atoms. The molecule has 3 aliphatic rings. The lowest BCUT2D eigenvalue weighted by molar-refractivity contribution is -0.116. The molecule has 1 amide bonds. The van der Waals surface area contributed by atoms with Crippen molar-refractivity contribution in [2.75, 3.05) is 0 Å². The average Bonchev–Trinajstić information content (AvgIpc) is 3.02. The van der Waals surface area contributed by atoms with Gasteiger partial charge in [0.2, 0.25) is 0 Å². The zero-order valence-corrected chi connectivity index (χ0v) is 10.1. The molecule has 2 nitrogen and oxygen atoms in total. The number of nitrogens with one attached hydrogen (secondary N) is 1. The van der Waals surface area contributed by atoms with E-state index in [2.05, 4.69) is 36.5 Å². The second-order valence-corrected chi connectivity index (χ2v) is 4.68. The number of allylic oxidation sites excluding steroid dienone is 8. The molecule has 86 valence electrons. The first-order chi connectivity index (χ1) is 8.22. The number of rotatable bonds is 1. The van der Waals surface area contributed by atoms with Crippen LogP contribution >= 0.6 is 0 Å². The summed E-state index contributed by atoms with van der Waals surface area (Å²) >= 11 is 0. The molecule has 0 aromatic carbocycles. The van der Waals surface area contributed by atoms with Crippen LogP contribution in [0, 0.1) is 5.92 Å². The van der Waals surface area contributed by atoms with Crippen molar-refractivity contribution in [1.29, 1.82) is 0 Å². The van der Waals surface area contributed by atoms with E-state index >= 15 is 0 Å². The Morgan fingerprint density at radius 1 is 1.41 bits per heavy atom. The van der Waals surface area contributed by atoms with Gasteiger partial charge in [0.15, 0.2) is 0 Å². The van der Waals surface area contributed by atoms with Gasteiger partial charge < -0.3 is 5.32 Å². The fraction of sp³-hybridized carbons (Fsp3) is 0.267. The largest absolute Gasteiger partial charge is 0.325 e. The van der Waals surface area contributed by atoms with Crippen LogP contribution in [0.2, 0.25) is 0 Å². The molecular formula is C15H15NO. The van der Waals surface area contributed by atoms with E-state index in [9.17, 15) is 4.79 Å². The quantitative estimate of drug-likeness (QED) is 0.730. The Hall–Kier alpha value is -1.83. The van der Waals surface area contributed by atoms with E-state index in [0.29, 0.717) is 0 Å². The molecule has 1 heterocycles. The Kier molecular flexibility index (Phi) is 2.18. The molecule has 0 radical (unpaired) electrons. The number of hydrogen-bond donors (Lipinski definition) is 1. The molecule has 1 atom stereocenters. The van der Waals surface area contributed by atoms with Crippen LogP contribution in [0.15, 0.2) is 58.4 Å². The van der Waals surface area contributed by atoms with E-state index < -0.39 is 0 Å².